The zero-order chi connectivity index (χ0) is 11.9. The van der Waals surface area contributed by atoms with Gasteiger partial charge in [-0.1, -0.05) is 33.1 Å². The van der Waals surface area contributed by atoms with E-state index in [1.165, 1.54) is 32.1 Å². The number of hydrogen-bond donors (Lipinski definition) is 0. The summed E-state index contributed by atoms with van der Waals surface area (Å²) in [6.07, 6.45) is 8.16. The van der Waals surface area contributed by atoms with E-state index in [-0.39, 0.29) is 0 Å². The van der Waals surface area contributed by atoms with E-state index in [1.807, 2.05) is 0 Å². The molecule has 0 N–H and O–H groups in total. The smallest absolute Gasteiger partial charge is 0.0624 e. The van der Waals surface area contributed by atoms with Crippen molar-refractivity contribution in [2.45, 2.75) is 58.8 Å². The van der Waals surface area contributed by atoms with Gasteiger partial charge in [-0.05, 0) is 30.6 Å². The van der Waals surface area contributed by atoms with Crippen molar-refractivity contribution in [1.29, 1.82) is 5.26 Å². The molecule has 0 saturated heterocycles. The van der Waals surface area contributed by atoms with Crippen molar-refractivity contribution in [3.63, 3.8) is 0 Å². The highest BCUT2D eigenvalue weighted by Crippen LogP contribution is 2.45. The molecule has 1 rings (SSSR count). The van der Waals surface area contributed by atoms with Gasteiger partial charge in [0.15, 0.2) is 0 Å². The number of rotatable bonds is 7. The van der Waals surface area contributed by atoms with Crippen molar-refractivity contribution in [3.8, 4) is 6.07 Å². The van der Waals surface area contributed by atoms with Crippen LogP contribution in [0.5, 0.6) is 0 Å². The van der Waals surface area contributed by atoms with Gasteiger partial charge in [-0.25, -0.2) is 0 Å². The molecule has 0 spiro atoms. The second-order valence-corrected chi connectivity index (χ2v) is 5.24. The quantitative estimate of drug-likeness (QED) is 0.613. The third kappa shape index (κ3) is 3.49. The first-order valence-electron chi connectivity index (χ1n) is 6.70. The first-order chi connectivity index (χ1) is 7.75. The molecule has 16 heavy (non-hydrogen) atoms. The van der Waals surface area contributed by atoms with E-state index in [9.17, 15) is 0 Å². The minimum Gasteiger partial charge on any atom is -0.381 e. The summed E-state index contributed by atoms with van der Waals surface area (Å²) in [5.74, 6) is 0.488. The molecule has 1 atom stereocenters. The van der Waals surface area contributed by atoms with Crippen molar-refractivity contribution in [1.82, 2.24) is 0 Å². The normalized spacial score (nSPS) is 20.6. The van der Waals surface area contributed by atoms with Crippen molar-refractivity contribution in [2.24, 2.45) is 11.3 Å². The largest absolute Gasteiger partial charge is 0.381 e. The van der Waals surface area contributed by atoms with Crippen LogP contribution in [0.4, 0.5) is 0 Å². The van der Waals surface area contributed by atoms with Crippen LogP contribution in [-0.2, 0) is 4.74 Å². The topological polar surface area (TPSA) is 33.0 Å². The second kappa shape index (κ2) is 6.91. The van der Waals surface area contributed by atoms with Crippen LogP contribution in [0.25, 0.3) is 0 Å². The summed E-state index contributed by atoms with van der Waals surface area (Å²) in [4.78, 5) is 0. The number of ether oxygens (including phenoxy) is 1. The fraction of sp³-hybridized carbons (Fsp3) is 0.929. The Morgan fingerprint density at radius 1 is 1.38 bits per heavy atom. The van der Waals surface area contributed by atoms with Crippen LogP contribution in [0.1, 0.15) is 58.8 Å². The fourth-order valence-electron chi connectivity index (χ4n) is 2.73. The molecule has 0 aromatic rings. The highest BCUT2D eigenvalue weighted by Gasteiger charge is 2.38. The van der Waals surface area contributed by atoms with Gasteiger partial charge in [0.2, 0.25) is 0 Å². The monoisotopic (exact) mass is 223 g/mol. The summed E-state index contributed by atoms with van der Waals surface area (Å²) in [6, 6.07) is 2.32. The highest BCUT2D eigenvalue weighted by atomic mass is 16.5. The van der Waals surface area contributed by atoms with Gasteiger partial charge in [0.25, 0.3) is 0 Å². The molecule has 0 radical (unpaired) electrons. The Kier molecular flexibility index (Phi) is 5.84. The third-order valence-corrected chi connectivity index (χ3v) is 4.07. The van der Waals surface area contributed by atoms with Crippen LogP contribution in [0, 0.1) is 22.7 Å². The van der Waals surface area contributed by atoms with Gasteiger partial charge in [0.05, 0.1) is 12.7 Å². The third-order valence-electron chi connectivity index (χ3n) is 4.07. The minimum atomic E-state index is 0.309. The molecule has 2 nitrogen and oxygen atoms in total. The summed E-state index contributed by atoms with van der Waals surface area (Å²) in [5.41, 5.74) is 0.309. The Morgan fingerprint density at radius 2 is 2.06 bits per heavy atom. The van der Waals surface area contributed by atoms with E-state index in [4.69, 9.17) is 10.00 Å². The predicted octanol–water partition coefficient (Wildman–Crippen LogP) is 3.91. The summed E-state index contributed by atoms with van der Waals surface area (Å²) in [5, 5.41) is 8.83. The summed E-state index contributed by atoms with van der Waals surface area (Å²) in [6.45, 7) is 6.16. The average molecular weight is 223 g/mol. The molecular formula is C14H25NO. The van der Waals surface area contributed by atoms with Gasteiger partial charge in [0.1, 0.15) is 0 Å². The van der Waals surface area contributed by atoms with E-state index in [0.29, 0.717) is 17.8 Å². The Bertz CT molecular complexity index is 225. The van der Waals surface area contributed by atoms with Gasteiger partial charge in [0, 0.05) is 13.0 Å². The Balaban J connectivity index is 2.42. The maximum atomic E-state index is 8.83. The van der Waals surface area contributed by atoms with Gasteiger partial charge in [-0.2, -0.15) is 5.26 Å². The molecule has 1 fully saturated rings. The Hall–Kier alpha value is -0.550. The zero-order valence-electron chi connectivity index (χ0n) is 10.8. The summed E-state index contributed by atoms with van der Waals surface area (Å²) < 4.78 is 5.82. The maximum Gasteiger partial charge on any atom is 0.0624 e. The van der Waals surface area contributed by atoms with Crippen molar-refractivity contribution < 1.29 is 4.74 Å². The van der Waals surface area contributed by atoms with Crippen LogP contribution < -0.4 is 0 Å². The average Bonchev–Trinajstić information content (AvgIpc) is 2.75. The number of nitrogens with zero attached hydrogens (tertiary/aromatic N) is 1. The fourth-order valence-corrected chi connectivity index (χ4v) is 2.73. The van der Waals surface area contributed by atoms with Crippen molar-refractivity contribution in [3.05, 3.63) is 0 Å². The number of hydrogen-bond acceptors (Lipinski definition) is 2. The van der Waals surface area contributed by atoms with E-state index in [2.05, 4.69) is 19.9 Å². The lowest BCUT2D eigenvalue weighted by Crippen LogP contribution is -2.31. The zero-order valence-corrected chi connectivity index (χ0v) is 10.8. The number of nitriles is 1. The van der Waals surface area contributed by atoms with Crippen LogP contribution >= 0.6 is 0 Å². The Labute approximate surface area is 100.0 Å². The first kappa shape index (κ1) is 13.5. The first-order valence-corrected chi connectivity index (χ1v) is 6.70. The van der Waals surface area contributed by atoms with Gasteiger partial charge in [-0.3, -0.25) is 0 Å². The van der Waals surface area contributed by atoms with Crippen LogP contribution in [0.15, 0.2) is 0 Å². The minimum absolute atomic E-state index is 0.309. The van der Waals surface area contributed by atoms with Crippen LogP contribution in [0.2, 0.25) is 0 Å². The lowest BCUT2D eigenvalue weighted by molar-refractivity contribution is 0.0139. The molecule has 0 aromatic heterocycles. The molecule has 0 bridgehead atoms. The second-order valence-electron chi connectivity index (χ2n) is 5.24. The summed E-state index contributed by atoms with van der Waals surface area (Å²) >= 11 is 0. The predicted molar refractivity (Wildman–Crippen MR) is 66.0 cm³/mol. The van der Waals surface area contributed by atoms with Gasteiger partial charge < -0.3 is 4.74 Å². The van der Waals surface area contributed by atoms with Crippen molar-refractivity contribution >= 4 is 0 Å². The highest BCUT2D eigenvalue weighted by molar-refractivity contribution is 4.92. The molecular weight excluding hydrogens is 198 g/mol. The van der Waals surface area contributed by atoms with Gasteiger partial charge in [-0.15, -0.1) is 0 Å². The molecule has 1 aliphatic carbocycles. The van der Waals surface area contributed by atoms with E-state index in [0.717, 1.165) is 19.6 Å². The number of unbranched alkanes of at least 4 members (excludes halogenated alkanes) is 1. The summed E-state index contributed by atoms with van der Waals surface area (Å²) in [7, 11) is 0. The van der Waals surface area contributed by atoms with E-state index < -0.39 is 0 Å². The molecule has 0 aliphatic heterocycles. The molecule has 0 amide bonds. The molecule has 2 heteroatoms. The Morgan fingerprint density at radius 3 is 2.62 bits per heavy atom. The van der Waals surface area contributed by atoms with Crippen LogP contribution in [-0.4, -0.2) is 13.2 Å². The maximum absolute atomic E-state index is 8.83. The molecule has 1 saturated carbocycles. The molecule has 1 aliphatic rings. The SMILES string of the molecule is CCCCOCC1(C(C)CC#N)CCCC1. The molecule has 0 aromatic carbocycles. The molecule has 92 valence electrons. The van der Waals surface area contributed by atoms with Crippen molar-refractivity contribution in [2.75, 3.05) is 13.2 Å². The standard InChI is InChI=1S/C14H25NO/c1-3-4-11-16-12-14(8-5-6-9-14)13(2)7-10-15/h13H,3-9,11-12H2,1-2H3. The lowest BCUT2D eigenvalue weighted by Gasteiger charge is -2.34. The van der Waals surface area contributed by atoms with E-state index >= 15 is 0 Å². The lowest BCUT2D eigenvalue weighted by atomic mass is 9.74. The molecule has 0 heterocycles. The molecule has 1 unspecified atom stereocenters. The van der Waals surface area contributed by atoms with Crippen LogP contribution in [0.3, 0.4) is 0 Å². The van der Waals surface area contributed by atoms with Gasteiger partial charge >= 0.3 is 0 Å². The van der Waals surface area contributed by atoms with E-state index in [1.54, 1.807) is 0 Å².